The lowest BCUT2D eigenvalue weighted by atomic mass is 10.0. The number of benzene rings is 1. The molecular weight excluding hydrogens is 502 g/mol. The summed E-state index contributed by atoms with van der Waals surface area (Å²) in [4.78, 5) is 55.0. The first-order valence-corrected chi connectivity index (χ1v) is 12.9. The van der Waals surface area contributed by atoms with E-state index in [4.69, 9.17) is 5.73 Å². The molecule has 0 radical (unpaired) electrons. The first kappa shape index (κ1) is 26.5. The number of nitrogens with zero attached hydrogens (tertiary/aromatic N) is 7. The molecule has 1 aromatic carbocycles. The SMILES string of the molecule is Cc1nc(Cn2c(=O)c3c(nc(N4CCCC(NC(=O)C(N)C(C)O)C4)n3C)n(C)c2=O)nc2ccccc12. The van der Waals surface area contributed by atoms with Crippen LogP contribution in [-0.4, -0.2) is 70.9 Å². The van der Waals surface area contributed by atoms with Crippen LogP contribution in [0.15, 0.2) is 33.9 Å². The van der Waals surface area contributed by atoms with Crippen molar-refractivity contribution in [1.29, 1.82) is 0 Å². The number of aliphatic hydroxyl groups is 1. The summed E-state index contributed by atoms with van der Waals surface area (Å²) >= 11 is 0. The maximum absolute atomic E-state index is 13.6. The van der Waals surface area contributed by atoms with Crippen LogP contribution in [-0.2, 0) is 25.4 Å². The first-order valence-electron chi connectivity index (χ1n) is 12.9. The zero-order chi connectivity index (χ0) is 28.0. The standard InChI is InChI=1S/C26H33N9O4/c1-14-17-9-5-6-10-18(17)30-19(28-14)13-35-24(38)21-22(33(4)26(35)39)31-25(32(21)3)34-11-7-8-16(12-34)29-23(37)20(27)15(2)36/h5-6,9-10,15-16,20,36H,7-8,11-13,27H2,1-4H3,(H,29,37). The summed E-state index contributed by atoms with van der Waals surface area (Å²) in [5.74, 6) is 0.474. The summed E-state index contributed by atoms with van der Waals surface area (Å²) in [5.41, 5.74) is 6.86. The average Bonchev–Trinajstić information content (AvgIpc) is 3.26. The number of imidazole rings is 1. The van der Waals surface area contributed by atoms with Crippen LogP contribution in [0.25, 0.3) is 22.1 Å². The molecular formula is C26H33N9O4. The summed E-state index contributed by atoms with van der Waals surface area (Å²) in [5, 5.41) is 13.5. The molecule has 0 aliphatic carbocycles. The minimum Gasteiger partial charge on any atom is -0.391 e. The molecule has 1 aliphatic rings. The highest BCUT2D eigenvalue weighted by Crippen LogP contribution is 2.22. The van der Waals surface area contributed by atoms with Crippen LogP contribution in [0, 0.1) is 6.92 Å². The van der Waals surface area contributed by atoms with Gasteiger partial charge in [0.2, 0.25) is 11.9 Å². The normalized spacial score (nSPS) is 17.5. The maximum Gasteiger partial charge on any atom is 0.332 e. The van der Waals surface area contributed by atoms with E-state index >= 15 is 0 Å². The van der Waals surface area contributed by atoms with Gasteiger partial charge in [0.15, 0.2) is 11.2 Å². The summed E-state index contributed by atoms with van der Waals surface area (Å²) in [6.45, 7) is 4.38. The molecule has 3 aromatic heterocycles. The van der Waals surface area contributed by atoms with Gasteiger partial charge in [-0.2, -0.15) is 4.98 Å². The number of carbonyl (C=O) groups excluding carboxylic acids is 1. The number of anilines is 1. The van der Waals surface area contributed by atoms with Gasteiger partial charge in [0.1, 0.15) is 11.9 Å². The number of carbonyl (C=O) groups is 1. The Kier molecular flexibility index (Phi) is 6.95. The van der Waals surface area contributed by atoms with E-state index < -0.39 is 29.3 Å². The van der Waals surface area contributed by atoms with Crippen LogP contribution >= 0.6 is 0 Å². The number of amides is 1. The van der Waals surface area contributed by atoms with Crippen LogP contribution < -0.4 is 27.2 Å². The van der Waals surface area contributed by atoms with Gasteiger partial charge in [0.05, 0.1) is 18.2 Å². The van der Waals surface area contributed by atoms with E-state index in [9.17, 15) is 19.5 Å². The molecule has 13 heteroatoms. The third-order valence-corrected chi connectivity index (χ3v) is 7.35. The third-order valence-electron chi connectivity index (χ3n) is 7.35. The summed E-state index contributed by atoms with van der Waals surface area (Å²) in [7, 11) is 3.32. The summed E-state index contributed by atoms with van der Waals surface area (Å²) < 4.78 is 4.18. The third kappa shape index (κ3) is 4.79. The second kappa shape index (κ2) is 10.2. The molecule has 5 rings (SSSR count). The van der Waals surface area contributed by atoms with Gasteiger partial charge in [-0.15, -0.1) is 0 Å². The van der Waals surface area contributed by atoms with Crippen molar-refractivity contribution in [3.8, 4) is 0 Å². The predicted molar refractivity (Wildman–Crippen MR) is 147 cm³/mol. The summed E-state index contributed by atoms with van der Waals surface area (Å²) in [6.07, 6.45) is 0.562. The van der Waals surface area contributed by atoms with E-state index in [1.165, 1.54) is 11.5 Å². The Bertz CT molecular complexity index is 1690. The number of aliphatic hydroxyl groups excluding tert-OH is 1. The molecule has 1 amide bonds. The molecule has 1 aliphatic heterocycles. The van der Waals surface area contributed by atoms with Gasteiger partial charge in [0.25, 0.3) is 5.56 Å². The largest absolute Gasteiger partial charge is 0.391 e. The smallest absolute Gasteiger partial charge is 0.332 e. The van der Waals surface area contributed by atoms with Gasteiger partial charge in [-0.25, -0.2) is 14.8 Å². The fourth-order valence-electron chi connectivity index (χ4n) is 5.15. The molecule has 0 saturated carbocycles. The zero-order valence-electron chi connectivity index (χ0n) is 22.5. The number of fused-ring (bicyclic) bond motifs is 2. The monoisotopic (exact) mass is 535 g/mol. The lowest BCUT2D eigenvalue weighted by Crippen LogP contribution is -2.54. The number of aryl methyl sites for hydroxylation is 3. The highest BCUT2D eigenvalue weighted by molar-refractivity contribution is 5.82. The lowest BCUT2D eigenvalue weighted by Gasteiger charge is -2.34. The lowest BCUT2D eigenvalue weighted by molar-refractivity contribution is -0.125. The van der Waals surface area contributed by atoms with Crippen LogP contribution in [0.3, 0.4) is 0 Å². The molecule has 4 aromatic rings. The Morgan fingerprint density at radius 2 is 1.92 bits per heavy atom. The van der Waals surface area contributed by atoms with E-state index in [-0.39, 0.29) is 23.8 Å². The van der Waals surface area contributed by atoms with E-state index in [2.05, 4.69) is 20.3 Å². The number of hydrogen-bond donors (Lipinski definition) is 3. The molecule has 206 valence electrons. The van der Waals surface area contributed by atoms with Gasteiger partial charge in [-0.1, -0.05) is 18.2 Å². The van der Waals surface area contributed by atoms with Crippen molar-refractivity contribution in [2.45, 2.75) is 51.4 Å². The van der Waals surface area contributed by atoms with E-state index in [0.29, 0.717) is 24.9 Å². The van der Waals surface area contributed by atoms with Crippen LogP contribution in [0.2, 0.25) is 0 Å². The minimum atomic E-state index is -1.01. The number of hydrogen-bond acceptors (Lipinski definition) is 9. The van der Waals surface area contributed by atoms with Crippen LogP contribution in [0.1, 0.15) is 31.3 Å². The number of nitrogens with two attached hydrogens (primary N) is 1. The zero-order valence-corrected chi connectivity index (χ0v) is 22.5. The van der Waals surface area contributed by atoms with Gasteiger partial charge >= 0.3 is 5.69 Å². The molecule has 0 bridgehead atoms. The van der Waals surface area contributed by atoms with Crippen LogP contribution in [0.5, 0.6) is 0 Å². The second-order valence-corrected chi connectivity index (χ2v) is 10.2. The van der Waals surface area contributed by atoms with E-state index in [1.54, 1.807) is 18.7 Å². The Labute approximate surface area is 223 Å². The van der Waals surface area contributed by atoms with Crippen LogP contribution in [0.4, 0.5) is 5.95 Å². The van der Waals surface area contributed by atoms with E-state index in [1.807, 2.05) is 36.1 Å². The minimum absolute atomic E-state index is 0.0744. The van der Waals surface area contributed by atoms with E-state index in [0.717, 1.165) is 34.0 Å². The fraction of sp³-hybridized carbons (Fsp3) is 0.462. The van der Waals surface area contributed by atoms with Crippen molar-refractivity contribution in [2.24, 2.45) is 19.8 Å². The topological polar surface area (TPSA) is 166 Å². The number of aromatic nitrogens is 6. The number of rotatable bonds is 6. The molecule has 3 unspecified atom stereocenters. The van der Waals surface area contributed by atoms with Crippen molar-refractivity contribution < 1.29 is 9.90 Å². The average molecular weight is 536 g/mol. The van der Waals surface area contributed by atoms with Crippen molar-refractivity contribution in [3.05, 3.63) is 56.6 Å². The molecule has 3 atom stereocenters. The van der Waals surface area contributed by atoms with Gasteiger partial charge in [0, 0.05) is 44.3 Å². The number of para-hydroxylation sites is 1. The maximum atomic E-state index is 13.6. The van der Waals surface area contributed by atoms with Crippen molar-refractivity contribution in [1.82, 2.24) is 34.0 Å². The second-order valence-electron chi connectivity index (χ2n) is 10.2. The quantitative estimate of drug-likeness (QED) is 0.296. The Morgan fingerprint density at radius 1 is 1.18 bits per heavy atom. The molecule has 1 saturated heterocycles. The van der Waals surface area contributed by atoms with Crippen molar-refractivity contribution >= 4 is 33.9 Å². The van der Waals surface area contributed by atoms with Crippen molar-refractivity contribution in [3.63, 3.8) is 0 Å². The highest BCUT2D eigenvalue weighted by atomic mass is 16.3. The molecule has 13 nitrogen and oxygen atoms in total. The predicted octanol–water partition coefficient (Wildman–Crippen LogP) is -0.473. The molecule has 0 spiro atoms. The Balaban J connectivity index is 1.49. The molecule has 4 N–H and O–H groups in total. The van der Waals surface area contributed by atoms with Crippen molar-refractivity contribution in [2.75, 3.05) is 18.0 Å². The number of piperidine rings is 1. The number of nitrogens with one attached hydrogen (secondary N) is 1. The highest BCUT2D eigenvalue weighted by Gasteiger charge is 2.29. The molecule has 1 fully saturated rings. The molecule has 39 heavy (non-hydrogen) atoms. The Hall–Kier alpha value is -4.10. The van der Waals surface area contributed by atoms with Gasteiger partial charge in [-0.05, 0) is 32.8 Å². The summed E-state index contributed by atoms with van der Waals surface area (Å²) in [6, 6.07) is 6.38. The fourth-order valence-corrected chi connectivity index (χ4v) is 5.15. The first-order chi connectivity index (χ1) is 18.6. The van der Waals surface area contributed by atoms with Gasteiger partial charge < -0.3 is 25.6 Å². The molecule has 4 heterocycles. The Morgan fingerprint density at radius 3 is 2.67 bits per heavy atom. The van der Waals surface area contributed by atoms with Gasteiger partial charge in [-0.3, -0.25) is 18.7 Å².